The highest BCUT2D eigenvalue weighted by Crippen LogP contribution is 2.33. The Hall–Kier alpha value is -1.14. The molecule has 130 valence electrons. The van der Waals surface area contributed by atoms with Crippen LogP contribution in [0.2, 0.25) is 0 Å². The molecule has 1 heterocycles. The number of ether oxygens (including phenoxy) is 1. The van der Waals surface area contributed by atoms with Gasteiger partial charge in [0.25, 0.3) is 0 Å². The summed E-state index contributed by atoms with van der Waals surface area (Å²) in [6, 6.07) is 0.509. The Balaban J connectivity index is 1.36. The minimum absolute atomic E-state index is 0.0762. The molecule has 0 unspecified atom stereocenters. The van der Waals surface area contributed by atoms with Gasteiger partial charge in [-0.1, -0.05) is 0 Å². The topological polar surface area (TPSA) is 78.9 Å². The molecular formula is C17H28N2O4. The van der Waals surface area contributed by atoms with Crippen LogP contribution in [-0.4, -0.2) is 59.8 Å². The molecule has 0 spiro atoms. The van der Waals surface area contributed by atoms with Gasteiger partial charge in [-0.15, -0.1) is 0 Å². The number of nitrogens with zero attached hydrogens (tertiary/aromatic N) is 1. The molecule has 1 aliphatic heterocycles. The third-order valence-electron chi connectivity index (χ3n) is 5.21. The predicted molar refractivity (Wildman–Crippen MR) is 85.1 cm³/mol. The third kappa shape index (κ3) is 5.18. The quantitative estimate of drug-likeness (QED) is 0.705. The van der Waals surface area contributed by atoms with Crippen molar-refractivity contribution in [2.75, 3.05) is 19.7 Å². The van der Waals surface area contributed by atoms with Gasteiger partial charge in [0.05, 0.1) is 19.1 Å². The highest BCUT2D eigenvalue weighted by Gasteiger charge is 2.37. The van der Waals surface area contributed by atoms with Gasteiger partial charge < -0.3 is 15.2 Å². The largest absolute Gasteiger partial charge is 0.480 e. The van der Waals surface area contributed by atoms with Crippen molar-refractivity contribution in [2.45, 2.75) is 69.6 Å². The molecule has 6 heteroatoms. The van der Waals surface area contributed by atoms with Gasteiger partial charge >= 0.3 is 5.97 Å². The standard InChI is InChI=1S/C17H28N2O4/c20-16(9-15-3-1-2-6-23-15)18-13-7-14(8-13)19(11-17(21)22)10-12-4-5-12/h12-15H,1-11H2,(H,18,20)(H,21,22)/t13?,14?,15-/m1/s1. The highest BCUT2D eigenvalue weighted by atomic mass is 16.5. The summed E-state index contributed by atoms with van der Waals surface area (Å²) < 4.78 is 5.60. The number of carbonyl (C=O) groups excluding carboxylic acids is 1. The van der Waals surface area contributed by atoms with Crippen LogP contribution in [0.3, 0.4) is 0 Å². The van der Waals surface area contributed by atoms with Crippen LogP contribution in [0.5, 0.6) is 0 Å². The average Bonchev–Trinajstić information content (AvgIpc) is 3.26. The fourth-order valence-electron chi connectivity index (χ4n) is 3.61. The fourth-order valence-corrected chi connectivity index (χ4v) is 3.61. The molecule has 0 aromatic carbocycles. The minimum Gasteiger partial charge on any atom is -0.480 e. The lowest BCUT2D eigenvalue weighted by Gasteiger charge is -2.43. The monoisotopic (exact) mass is 324 g/mol. The summed E-state index contributed by atoms with van der Waals surface area (Å²) in [6.45, 7) is 1.79. The number of nitrogens with one attached hydrogen (secondary N) is 1. The zero-order chi connectivity index (χ0) is 16.2. The van der Waals surface area contributed by atoms with Crippen molar-refractivity contribution in [3.8, 4) is 0 Å². The maximum Gasteiger partial charge on any atom is 0.317 e. The first kappa shape index (κ1) is 16.7. The third-order valence-corrected chi connectivity index (χ3v) is 5.21. The molecule has 1 atom stereocenters. The van der Waals surface area contributed by atoms with Gasteiger partial charge in [-0.2, -0.15) is 0 Å². The molecule has 2 N–H and O–H groups in total. The van der Waals surface area contributed by atoms with E-state index in [9.17, 15) is 9.59 Å². The van der Waals surface area contributed by atoms with E-state index >= 15 is 0 Å². The number of rotatable bonds is 8. The maximum absolute atomic E-state index is 12.1. The van der Waals surface area contributed by atoms with E-state index in [1.807, 2.05) is 0 Å². The van der Waals surface area contributed by atoms with Crippen LogP contribution in [-0.2, 0) is 14.3 Å². The van der Waals surface area contributed by atoms with Gasteiger partial charge in [0.2, 0.25) is 5.91 Å². The molecule has 0 aromatic rings. The second-order valence-corrected chi connectivity index (χ2v) is 7.35. The van der Waals surface area contributed by atoms with E-state index < -0.39 is 5.97 Å². The van der Waals surface area contributed by atoms with Crippen LogP contribution < -0.4 is 5.32 Å². The van der Waals surface area contributed by atoms with Gasteiger partial charge in [0, 0.05) is 25.2 Å². The van der Waals surface area contributed by atoms with E-state index in [-0.39, 0.29) is 24.6 Å². The zero-order valence-corrected chi connectivity index (χ0v) is 13.7. The van der Waals surface area contributed by atoms with Crippen LogP contribution in [0.1, 0.15) is 51.4 Å². The van der Waals surface area contributed by atoms with E-state index in [4.69, 9.17) is 9.84 Å². The van der Waals surface area contributed by atoms with E-state index in [0.717, 1.165) is 45.3 Å². The molecule has 1 amide bonds. The van der Waals surface area contributed by atoms with Crippen LogP contribution in [0, 0.1) is 5.92 Å². The predicted octanol–water partition coefficient (Wildman–Crippen LogP) is 1.39. The Bertz CT molecular complexity index is 426. The number of amides is 1. The lowest BCUT2D eigenvalue weighted by atomic mass is 9.85. The number of carboxylic acids is 1. The van der Waals surface area contributed by atoms with E-state index in [2.05, 4.69) is 10.2 Å². The Morgan fingerprint density at radius 1 is 1.17 bits per heavy atom. The number of hydrogen-bond donors (Lipinski definition) is 2. The lowest BCUT2D eigenvalue weighted by Crippen LogP contribution is -2.55. The van der Waals surface area contributed by atoms with Crippen molar-refractivity contribution >= 4 is 11.9 Å². The fraction of sp³-hybridized carbons (Fsp3) is 0.882. The molecule has 1 saturated heterocycles. The van der Waals surface area contributed by atoms with Crippen LogP contribution in [0.25, 0.3) is 0 Å². The molecule has 23 heavy (non-hydrogen) atoms. The minimum atomic E-state index is -0.757. The molecule has 3 fully saturated rings. The van der Waals surface area contributed by atoms with Crippen molar-refractivity contribution in [1.82, 2.24) is 10.2 Å². The average molecular weight is 324 g/mol. The lowest BCUT2D eigenvalue weighted by molar-refractivity contribution is -0.140. The number of carboxylic acid groups (broad SMARTS) is 1. The van der Waals surface area contributed by atoms with E-state index in [1.54, 1.807) is 0 Å². The molecule has 0 bridgehead atoms. The summed E-state index contributed by atoms with van der Waals surface area (Å²) >= 11 is 0. The highest BCUT2D eigenvalue weighted by molar-refractivity contribution is 5.77. The van der Waals surface area contributed by atoms with Gasteiger partial charge in [0.1, 0.15) is 0 Å². The Kier molecular flexibility index (Phi) is 5.54. The molecule has 0 radical (unpaired) electrons. The summed E-state index contributed by atoms with van der Waals surface area (Å²) in [4.78, 5) is 25.2. The molecule has 2 aliphatic carbocycles. The van der Waals surface area contributed by atoms with Gasteiger partial charge in [-0.3, -0.25) is 14.5 Å². The van der Waals surface area contributed by atoms with Crippen LogP contribution in [0.15, 0.2) is 0 Å². The molecule has 6 nitrogen and oxygen atoms in total. The maximum atomic E-state index is 12.1. The summed E-state index contributed by atoms with van der Waals surface area (Å²) in [7, 11) is 0. The number of carbonyl (C=O) groups is 2. The summed E-state index contributed by atoms with van der Waals surface area (Å²) in [5, 5.41) is 12.1. The first-order chi connectivity index (χ1) is 11.1. The smallest absolute Gasteiger partial charge is 0.317 e. The van der Waals surface area contributed by atoms with Gasteiger partial charge in [-0.05, 0) is 50.9 Å². The molecule has 3 rings (SSSR count). The van der Waals surface area contributed by atoms with Crippen LogP contribution >= 0.6 is 0 Å². The summed E-state index contributed by atoms with van der Waals surface area (Å²) in [5.74, 6) is 0.00588. The van der Waals surface area contributed by atoms with E-state index in [1.165, 1.54) is 12.8 Å². The van der Waals surface area contributed by atoms with Crippen molar-refractivity contribution in [3.05, 3.63) is 0 Å². The summed E-state index contributed by atoms with van der Waals surface area (Å²) in [5.41, 5.74) is 0. The van der Waals surface area contributed by atoms with Crippen LogP contribution in [0.4, 0.5) is 0 Å². The van der Waals surface area contributed by atoms with Gasteiger partial charge in [0.15, 0.2) is 0 Å². The second-order valence-electron chi connectivity index (χ2n) is 7.35. The second kappa shape index (κ2) is 7.62. The first-order valence-electron chi connectivity index (χ1n) is 8.97. The molecule has 0 aromatic heterocycles. The summed E-state index contributed by atoms with van der Waals surface area (Å²) in [6.07, 6.45) is 7.97. The van der Waals surface area contributed by atoms with Crippen molar-refractivity contribution < 1.29 is 19.4 Å². The zero-order valence-electron chi connectivity index (χ0n) is 13.7. The molecular weight excluding hydrogens is 296 g/mol. The Morgan fingerprint density at radius 3 is 2.57 bits per heavy atom. The Morgan fingerprint density at radius 2 is 1.96 bits per heavy atom. The van der Waals surface area contributed by atoms with Gasteiger partial charge in [-0.25, -0.2) is 0 Å². The Labute approximate surface area is 137 Å². The normalized spacial score (nSPS) is 30.7. The SMILES string of the molecule is O=C(O)CN(CC1CC1)C1CC(NC(=O)C[C@H]2CCCCO2)C1. The number of hydrogen-bond acceptors (Lipinski definition) is 4. The van der Waals surface area contributed by atoms with E-state index in [0.29, 0.717) is 18.4 Å². The number of aliphatic carboxylic acids is 1. The van der Waals surface area contributed by atoms with Crippen molar-refractivity contribution in [3.63, 3.8) is 0 Å². The van der Waals surface area contributed by atoms with Crippen molar-refractivity contribution in [2.24, 2.45) is 5.92 Å². The van der Waals surface area contributed by atoms with Crippen molar-refractivity contribution in [1.29, 1.82) is 0 Å². The first-order valence-corrected chi connectivity index (χ1v) is 8.97. The molecule has 3 aliphatic rings. The molecule has 2 saturated carbocycles.